The highest BCUT2D eigenvalue weighted by atomic mass is 35.5. The number of carbonyl (C=O) groups excluding carboxylic acids is 1. The molecule has 2 heterocycles. The topological polar surface area (TPSA) is 113 Å². The summed E-state index contributed by atoms with van der Waals surface area (Å²) in [6.07, 6.45) is 3.18. The molecule has 0 bridgehead atoms. The van der Waals surface area contributed by atoms with E-state index in [1.54, 1.807) is 0 Å². The Bertz CT molecular complexity index is 1300. The van der Waals surface area contributed by atoms with Gasteiger partial charge < -0.3 is 10.1 Å². The lowest BCUT2D eigenvalue weighted by Gasteiger charge is -2.18. The third-order valence-electron chi connectivity index (χ3n) is 6.01. The molecule has 0 aromatic heterocycles. The minimum atomic E-state index is -3.75. The predicted octanol–water partition coefficient (Wildman–Crippen LogP) is 3.17. The smallest absolute Gasteiger partial charge is 0.257 e. The number of rotatable bonds is 7. The highest BCUT2D eigenvalue weighted by Crippen LogP contribution is 2.32. The maximum Gasteiger partial charge on any atom is 0.257 e. The molecule has 0 saturated carbocycles. The molecule has 2 fully saturated rings. The van der Waals surface area contributed by atoms with E-state index >= 15 is 0 Å². The van der Waals surface area contributed by atoms with Crippen molar-refractivity contribution >= 4 is 43.2 Å². The molecule has 2 saturated heterocycles. The van der Waals surface area contributed by atoms with Crippen LogP contribution in [0.1, 0.15) is 36.0 Å². The first-order valence-electron chi connectivity index (χ1n) is 10.9. The summed E-state index contributed by atoms with van der Waals surface area (Å²) in [4.78, 5) is 13.1. The predicted molar refractivity (Wildman–Crippen MR) is 128 cm³/mol. The highest BCUT2D eigenvalue weighted by molar-refractivity contribution is 7.89. The van der Waals surface area contributed by atoms with Gasteiger partial charge >= 0.3 is 0 Å². The molecular formula is C22H26ClN3O6S2. The first kappa shape index (κ1) is 24.9. The number of amides is 1. The summed E-state index contributed by atoms with van der Waals surface area (Å²) in [6.45, 7) is 1.76. The number of nitrogens with zero attached hydrogens (tertiary/aromatic N) is 2. The van der Waals surface area contributed by atoms with Crippen LogP contribution in [0.15, 0.2) is 46.2 Å². The molecular weight excluding hydrogens is 502 g/mol. The minimum absolute atomic E-state index is 0.0266. The van der Waals surface area contributed by atoms with E-state index in [0.29, 0.717) is 26.2 Å². The molecule has 2 aliphatic rings. The SMILES string of the molecule is COc1ccc(S(=O)(=O)N2CCCC2)cc1NC(=O)c1cc(S(=O)(=O)N2CCCC2)ccc1Cl. The van der Waals surface area contributed by atoms with E-state index in [4.69, 9.17) is 16.3 Å². The summed E-state index contributed by atoms with van der Waals surface area (Å²) in [5, 5.41) is 2.70. The van der Waals surface area contributed by atoms with Crippen molar-refractivity contribution in [1.29, 1.82) is 0 Å². The van der Waals surface area contributed by atoms with Crippen molar-refractivity contribution in [1.82, 2.24) is 8.61 Å². The highest BCUT2D eigenvalue weighted by Gasteiger charge is 2.30. The summed E-state index contributed by atoms with van der Waals surface area (Å²) in [5.74, 6) is -0.428. The van der Waals surface area contributed by atoms with Crippen LogP contribution in [0.25, 0.3) is 0 Å². The van der Waals surface area contributed by atoms with Gasteiger partial charge in [0.05, 0.1) is 33.2 Å². The zero-order chi connectivity index (χ0) is 24.5. The number of ether oxygens (including phenoxy) is 1. The molecule has 4 rings (SSSR count). The number of anilines is 1. The van der Waals surface area contributed by atoms with E-state index in [9.17, 15) is 21.6 Å². The average molecular weight is 528 g/mol. The Morgan fingerprint density at radius 2 is 1.35 bits per heavy atom. The lowest BCUT2D eigenvalue weighted by atomic mass is 10.2. The molecule has 2 aliphatic heterocycles. The van der Waals surface area contributed by atoms with Crippen LogP contribution in [0.5, 0.6) is 5.75 Å². The molecule has 9 nitrogen and oxygen atoms in total. The zero-order valence-electron chi connectivity index (χ0n) is 18.7. The molecule has 2 aromatic rings. The summed E-state index contributed by atoms with van der Waals surface area (Å²) in [7, 11) is -6.06. The van der Waals surface area contributed by atoms with Gasteiger partial charge in [-0.15, -0.1) is 0 Å². The molecule has 0 aliphatic carbocycles. The second-order valence-electron chi connectivity index (χ2n) is 8.18. The van der Waals surface area contributed by atoms with Crippen molar-refractivity contribution in [3.8, 4) is 5.75 Å². The van der Waals surface area contributed by atoms with Crippen LogP contribution < -0.4 is 10.1 Å². The van der Waals surface area contributed by atoms with Crippen LogP contribution in [0.4, 0.5) is 5.69 Å². The van der Waals surface area contributed by atoms with Crippen molar-refractivity contribution in [3.63, 3.8) is 0 Å². The van der Waals surface area contributed by atoms with Crippen LogP contribution in [0, 0.1) is 0 Å². The van der Waals surface area contributed by atoms with Gasteiger partial charge in [0.2, 0.25) is 20.0 Å². The van der Waals surface area contributed by atoms with Crippen LogP contribution in [0.2, 0.25) is 5.02 Å². The van der Waals surface area contributed by atoms with Gasteiger partial charge in [0.15, 0.2) is 0 Å². The molecule has 0 radical (unpaired) electrons. The Balaban J connectivity index is 1.65. The van der Waals surface area contributed by atoms with Crippen LogP contribution in [0.3, 0.4) is 0 Å². The number of nitrogens with one attached hydrogen (secondary N) is 1. The summed E-state index contributed by atoms with van der Waals surface area (Å²) < 4.78 is 59.8. The molecule has 0 unspecified atom stereocenters. The molecule has 184 valence electrons. The molecule has 1 N–H and O–H groups in total. The second kappa shape index (κ2) is 9.82. The first-order valence-corrected chi connectivity index (χ1v) is 14.2. The standard InChI is InChI=1S/C22H26ClN3O6S2/c1-32-21-9-7-17(34(30,31)26-12-4-5-13-26)15-20(21)24-22(27)18-14-16(6-8-19(18)23)33(28,29)25-10-2-3-11-25/h6-9,14-15H,2-5,10-13H2,1H3,(H,24,27). The molecule has 2 aromatic carbocycles. The number of halogens is 1. The van der Waals surface area contributed by atoms with E-state index in [0.717, 1.165) is 25.7 Å². The molecule has 34 heavy (non-hydrogen) atoms. The average Bonchev–Trinajstić information content (AvgIpc) is 3.54. The van der Waals surface area contributed by atoms with E-state index in [1.165, 1.54) is 52.1 Å². The normalized spacial score (nSPS) is 17.7. The maximum absolute atomic E-state index is 13.1. The zero-order valence-corrected chi connectivity index (χ0v) is 21.0. The number of methoxy groups -OCH3 is 1. The van der Waals surface area contributed by atoms with Gasteiger partial charge in [0.25, 0.3) is 5.91 Å². The lowest BCUT2D eigenvalue weighted by molar-refractivity contribution is 0.102. The second-order valence-corrected chi connectivity index (χ2v) is 12.5. The number of hydrogen-bond acceptors (Lipinski definition) is 6. The van der Waals surface area contributed by atoms with Gasteiger partial charge in [-0.3, -0.25) is 4.79 Å². The largest absolute Gasteiger partial charge is 0.495 e. The Labute approximate surface area is 204 Å². The van der Waals surface area contributed by atoms with Gasteiger partial charge in [0.1, 0.15) is 5.75 Å². The third kappa shape index (κ3) is 4.80. The number of sulfonamides is 2. The van der Waals surface area contributed by atoms with E-state index < -0.39 is 26.0 Å². The van der Waals surface area contributed by atoms with Gasteiger partial charge in [-0.2, -0.15) is 8.61 Å². The van der Waals surface area contributed by atoms with Crippen LogP contribution in [-0.4, -0.2) is 64.6 Å². The third-order valence-corrected chi connectivity index (χ3v) is 10.1. The molecule has 1 amide bonds. The Hall–Kier alpha value is -2.18. The Morgan fingerprint density at radius 3 is 1.88 bits per heavy atom. The van der Waals surface area contributed by atoms with Gasteiger partial charge in [-0.25, -0.2) is 16.8 Å². The van der Waals surface area contributed by atoms with Crippen LogP contribution >= 0.6 is 11.6 Å². The van der Waals surface area contributed by atoms with Gasteiger partial charge in [-0.1, -0.05) is 11.6 Å². The van der Waals surface area contributed by atoms with E-state index in [-0.39, 0.29) is 31.8 Å². The van der Waals surface area contributed by atoms with E-state index in [1.807, 2.05) is 0 Å². The van der Waals surface area contributed by atoms with Crippen molar-refractivity contribution in [2.45, 2.75) is 35.5 Å². The summed E-state index contributed by atoms with van der Waals surface area (Å²) in [5.41, 5.74) is 0.0911. The quantitative estimate of drug-likeness (QED) is 0.591. The fraction of sp³-hybridized carbons (Fsp3) is 0.409. The van der Waals surface area contributed by atoms with Gasteiger partial charge in [-0.05, 0) is 62.1 Å². The maximum atomic E-state index is 13.1. The fourth-order valence-corrected chi connectivity index (χ4v) is 7.42. The van der Waals surface area contributed by atoms with Crippen molar-refractivity contribution in [3.05, 3.63) is 47.0 Å². The van der Waals surface area contributed by atoms with Crippen molar-refractivity contribution in [2.75, 3.05) is 38.6 Å². The first-order chi connectivity index (χ1) is 16.1. The molecule has 0 atom stereocenters. The fourth-order valence-electron chi connectivity index (χ4n) is 4.13. The van der Waals surface area contributed by atoms with Gasteiger partial charge in [0, 0.05) is 26.2 Å². The van der Waals surface area contributed by atoms with Crippen molar-refractivity contribution in [2.24, 2.45) is 0 Å². The minimum Gasteiger partial charge on any atom is -0.495 e. The lowest BCUT2D eigenvalue weighted by Crippen LogP contribution is -2.28. The molecule has 12 heteroatoms. The van der Waals surface area contributed by atoms with Crippen LogP contribution in [-0.2, 0) is 20.0 Å². The summed E-state index contributed by atoms with van der Waals surface area (Å²) >= 11 is 6.23. The monoisotopic (exact) mass is 527 g/mol. The molecule has 0 spiro atoms. The Kier molecular flexibility index (Phi) is 7.20. The van der Waals surface area contributed by atoms with E-state index in [2.05, 4.69) is 5.32 Å². The summed E-state index contributed by atoms with van der Waals surface area (Å²) in [6, 6.07) is 8.21. The number of hydrogen-bond donors (Lipinski definition) is 1. The number of benzene rings is 2. The Morgan fingerprint density at radius 1 is 0.853 bits per heavy atom. The number of carbonyl (C=O) groups is 1. The van der Waals surface area contributed by atoms with Crippen molar-refractivity contribution < 1.29 is 26.4 Å².